The minimum absolute atomic E-state index is 0. The predicted molar refractivity (Wildman–Crippen MR) is 76.7 cm³/mol. The molecule has 0 aliphatic rings. The van der Waals surface area contributed by atoms with E-state index in [9.17, 15) is 24.6 Å². The van der Waals surface area contributed by atoms with Crippen LogP contribution in [0.2, 0.25) is 0 Å². The van der Waals surface area contributed by atoms with Crippen molar-refractivity contribution >= 4 is 30.1 Å². The van der Waals surface area contributed by atoms with Gasteiger partial charge in [-0.25, -0.2) is 0 Å². The lowest BCUT2D eigenvalue weighted by atomic mass is 9.91. The molecule has 0 bridgehead atoms. The highest BCUT2D eigenvalue weighted by Crippen LogP contribution is 2.17. The van der Waals surface area contributed by atoms with Crippen molar-refractivity contribution in [1.29, 1.82) is 0 Å². The number of hydrogen-bond acceptors (Lipinski definition) is 6. The Hall–Kier alpha value is -1.22. The first-order valence-corrected chi connectivity index (χ1v) is 6.05. The molecule has 126 valence electrons. The van der Waals surface area contributed by atoms with Gasteiger partial charge in [0.2, 0.25) is 0 Å². The second-order valence-corrected chi connectivity index (χ2v) is 5.40. The van der Waals surface area contributed by atoms with Crippen LogP contribution in [-0.4, -0.2) is 72.3 Å². The molecule has 0 fully saturated rings. The van der Waals surface area contributed by atoms with E-state index < -0.39 is 29.7 Å². The Labute approximate surface area is 130 Å². The Balaban J connectivity index is -0.000000465. The van der Waals surface area contributed by atoms with Crippen molar-refractivity contribution in [3.8, 4) is 0 Å². The van der Waals surface area contributed by atoms with Gasteiger partial charge in [-0.3, -0.25) is 9.59 Å². The van der Waals surface area contributed by atoms with Crippen molar-refractivity contribution in [1.82, 2.24) is 0 Å². The highest BCUT2D eigenvalue weighted by atomic mass is 35.5. The minimum Gasteiger partial charge on any atom is -0.550 e. The Bertz CT molecular complexity index is 356. The molecule has 0 unspecified atom stereocenters. The van der Waals surface area contributed by atoms with Gasteiger partial charge in [0.25, 0.3) is 0 Å². The third kappa shape index (κ3) is 13.5. The molecule has 4 N–H and O–H groups in total. The number of likely N-dealkylation sites (N-methyl/N-ethyl adjacent to an activating group) is 1. The topological polar surface area (TPSA) is 141 Å². The number of carboxylic acids is 2. The van der Waals surface area contributed by atoms with Crippen LogP contribution in [-0.2, 0) is 14.4 Å². The van der Waals surface area contributed by atoms with Gasteiger partial charge in [-0.05, 0) is 0 Å². The lowest BCUT2D eigenvalue weighted by Gasteiger charge is -2.34. The largest absolute Gasteiger partial charge is 0.550 e. The average Bonchev–Trinajstić information content (AvgIpc) is 2.24. The lowest BCUT2D eigenvalue weighted by Crippen LogP contribution is -2.55. The maximum absolute atomic E-state index is 11.5. The summed E-state index contributed by atoms with van der Waals surface area (Å²) in [6, 6.07) is 0. The zero-order valence-electron chi connectivity index (χ0n) is 12.8. The molecule has 0 spiro atoms. The number of nitrogens with two attached hydrogens (primary N) is 1. The second kappa shape index (κ2) is 10.5. The summed E-state index contributed by atoms with van der Waals surface area (Å²) in [6.07, 6.45) is -0.529. The van der Waals surface area contributed by atoms with Gasteiger partial charge >= 0.3 is 5.97 Å². The van der Waals surface area contributed by atoms with Crippen LogP contribution in [0.25, 0.3) is 0 Å². The fraction of sp³-hybridized carbons (Fsp3) is 0.750. The number of quaternary nitrogens is 1. The fourth-order valence-electron chi connectivity index (χ4n) is 1.60. The van der Waals surface area contributed by atoms with Gasteiger partial charge in [0.05, 0.1) is 27.7 Å². The first-order chi connectivity index (χ1) is 8.88. The summed E-state index contributed by atoms with van der Waals surface area (Å²) >= 11 is 0. The van der Waals surface area contributed by atoms with Crippen LogP contribution in [0.1, 0.15) is 19.8 Å². The summed E-state index contributed by atoms with van der Waals surface area (Å²) in [7, 11) is 5.34. The molecule has 0 aliphatic heterocycles. The van der Waals surface area contributed by atoms with Gasteiger partial charge in [-0.2, -0.15) is 0 Å². The molecule has 0 saturated carbocycles. The SMILES string of the molecule is CCC(=O)[C@@](O)(CC(=O)[O-])C[N+](C)(C)C.Cl.NCC(=O)O. The Morgan fingerprint density at radius 3 is 1.81 bits per heavy atom. The standard InChI is InChI=1S/C10H19NO4.C2H5NO2.ClH/c1-5-8(12)10(15,6-9(13)14)7-11(2,3)4;3-1-2(4)5;/h15H,5-7H2,1-4H3;1,3H2,(H,4,5);1H/t10-;;/m1../s1. The van der Waals surface area contributed by atoms with Crippen molar-refractivity contribution in [3.63, 3.8) is 0 Å². The first-order valence-electron chi connectivity index (χ1n) is 6.05. The summed E-state index contributed by atoms with van der Waals surface area (Å²) in [6.45, 7) is 1.38. The first kappa shape index (κ1) is 24.8. The van der Waals surface area contributed by atoms with E-state index >= 15 is 0 Å². The van der Waals surface area contributed by atoms with Crippen LogP contribution in [0, 0.1) is 0 Å². The summed E-state index contributed by atoms with van der Waals surface area (Å²) in [5.74, 6) is -2.84. The molecule has 1 atom stereocenters. The van der Waals surface area contributed by atoms with Crippen molar-refractivity contribution in [2.24, 2.45) is 5.73 Å². The number of carboxylic acid groups (broad SMARTS) is 2. The van der Waals surface area contributed by atoms with Gasteiger partial charge in [-0.15, -0.1) is 12.4 Å². The van der Waals surface area contributed by atoms with Gasteiger partial charge in [0.15, 0.2) is 11.4 Å². The van der Waals surface area contributed by atoms with E-state index in [0.29, 0.717) is 4.48 Å². The minimum atomic E-state index is -1.81. The van der Waals surface area contributed by atoms with Gasteiger partial charge in [0, 0.05) is 18.8 Å². The Kier molecular flexibility index (Phi) is 12.4. The number of aliphatic hydroxyl groups is 1. The molecule has 0 heterocycles. The van der Waals surface area contributed by atoms with E-state index in [0.717, 1.165) is 0 Å². The van der Waals surface area contributed by atoms with Gasteiger partial charge < -0.3 is 30.3 Å². The summed E-state index contributed by atoms with van der Waals surface area (Å²) in [5, 5.41) is 28.1. The molecule has 0 aromatic carbocycles. The predicted octanol–water partition coefficient (Wildman–Crippen LogP) is -2.01. The maximum Gasteiger partial charge on any atom is 0.317 e. The smallest absolute Gasteiger partial charge is 0.317 e. The Morgan fingerprint density at radius 2 is 1.62 bits per heavy atom. The number of ketones is 1. The molecule has 0 radical (unpaired) electrons. The van der Waals surface area contributed by atoms with Crippen LogP contribution in [0.4, 0.5) is 0 Å². The molecule has 21 heavy (non-hydrogen) atoms. The normalized spacial score (nSPS) is 13.0. The lowest BCUT2D eigenvalue weighted by molar-refractivity contribution is -0.875. The summed E-state index contributed by atoms with van der Waals surface area (Å²) < 4.78 is 0.315. The number of rotatable bonds is 7. The fourth-order valence-corrected chi connectivity index (χ4v) is 1.60. The van der Waals surface area contributed by atoms with E-state index in [1.807, 2.05) is 0 Å². The number of halogens is 1. The number of hydrogen-bond donors (Lipinski definition) is 3. The van der Waals surface area contributed by atoms with Gasteiger partial charge in [-0.1, -0.05) is 6.92 Å². The quantitative estimate of drug-likeness (QED) is 0.459. The number of Topliss-reactive ketones (excluding diaryl/α,β-unsaturated/α-hetero) is 1. The van der Waals surface area contributed by atoms with Crippen LogP contribution in [0.5, 0.6) is 0 Å². The van der Waals surface area contributed by atoms with Crippen LogP contribution >= 0.6 is 12.4 Å². The van der Waals surface area contributed by atoms with Crippen molar-refractivity contribution in [2.75, 3.05) is 34.2 Å². The van der Waals surface area contributed by atoms with E-state index in [2.05, 4.69) is 5.73 Å². The second-order valence-electron chi connectivity index (χ2n) is 5.40. The monoisotopic (exact) mass is 328 g/mol. The third-order valence-corrected chi connectivity index (χ3v) is 2.19. The molecular weight excluding hydrogens is 304 g/mol. The van der Waals surface area contributed by atoms with Crippen LogP contribution in [0.3, 0.4) is 0 Å². The number of carbonyl (C=O) groups excluding carboxylic acids is 2. The van der Waals surface area contributed by atoms with Gasteiger partial charge in [0.1, 0.15) is 6.54 Å². The Morgan fingerprint density at radius 1 is 1.24 bits per heavy atom. The molecule has 8 nitrogen and oxygen atoms in total. The van der Waals surface area contributed by atoms with Crippen LogP contribution in [0.15, 0.2) is 0 Å². The maximum atomic E-state index is 11.5. The van der Waals surface area contributed by atoms with Crippen molar-refractivity contribution in [3.05, 3.63) is 0 Å². The van der Waals surface area contributed by atoms with Crippen LogP contribution < -0.4 is 10.8 Å². The summed E-state index contributed by atoms with van der Waals surface area (Å²) in [5.41, 5.74) is 2.76. The van der Waals surface area contributed by atoms with E-state index in [1.54, 1.807) is 28.1 Å². The molecule has 0 saturated heterocycles. The molecule has 0 rings (SSSR count). The average molecular weight is 329 g/mol. The highest BCUT2D eigenvalue weighted by Gasteiger charge is 2.39. The van der Waals surface area contributed by atoms with E-state index in [1.165, 1.54) is 0 Å². The molecular formula is C12H25ClN2O6. The van der Waals surface area contributed by atoms with E-state index in [4.69, 9.17) is 5.11 Å². The van der Waals surface area contributed by atoms with E-state index in [-0.39, 0.29) is 31.9 Å². The van der Waals surface area contributed by atoms with Crippen molar-refractivity contribution < 1.29 is 34.2 Å². The molecule has 0 aromatic rings. The zero-order valence-corrected chi connectivity index (χ0v) is 13.6. The number of aliphatic carboxylic acids is 2. The highest BCUT2D eigenvalue weighted by molar-refractivity contribution is 5.90. The zero-order chi connectivity index (χ0) is 16.6. The molecule has 0 amide bonds. The molecule has 0 aromatic heterocycles. The third-order valence-electron chi connectivity index (χ3n) is 2.19. The number of nitrogens with zero attached hydrogens (tertiary/aromatic N) is 1. The molecule has 9 heteroatoms. The van der Waals surface area contributed by atoms with Crippen molar-refractivity contribution in [2.45, 2.75) is 25.4 Å². The molecule has 0 aliphatic carbocycles. The summed E-state index contributed by atoms with van der Waals surface area (Å²) in [4.78, 5) is 31.2. The number of carbonyl (C=O) groups is 3.